The van der Waals surface area contributed by atoms with Crippen LogP contribution in [0, 0.1) is 5.41 Å². The SMILES string of the molecule is CCCCCC(CC)(CC)C(=O)Oc1ccc(-c2sc3cc(O)ccc3c2C(=O)c2ccc(OCCN3CCCCC3)cc2)cc1. The van der Waals surface area contributed by atoms with Gasteiger partial charge in [0.15, 0.2) is 5.78 Å². The fourth-order valence-electron chi connectivity index (χ4n) is 6.43. The highest BCUT2D eigenvalue weighted by Gasteiger charge is 2.36. The molecular weight excluding hydrogens is 594 g/mol. The minimum absolute atomic E-state index is 0.0925. The second-order valence-corrected chi connectivity index (χ2v) is 13.5. The highest BCUT2D eigenvalue weighted by Crippen LogP contribution is 2.42. The van der Waals surface area contributed by atoms with Crippen molar-refractivity contribution < 1.29 is 24.2 Å². The Bertz CT molecular complexity index is 1600. The third-order valence-corrected chi connectivity index (χ3v) is 10.7. The molecule has 0 saturated carbocycles. The first kappa shape index (κ1) is 33.7. The minimum atomic E-state index is -0.477. The molecule has 0 spiro atoms. The standard InChI is InChI=1S/C39H47NO5S/c1-4-7-9-22-39(5-2,6-3)38(43)45-32-19-14-29(15-20-32)37-35(33-21-16-30(41)27-34(33)46-37)36(42)28-12-17-31(18-13-28)44-26-25-40-23-10-8-11-24-40/h12-21,27,41H,4-11,22-26H2,1-3H3. The molecule has 0 amide bonds. The van der Waals surface area contributed by atoms with Gasteiger partial charge in [0.25, 0.3) is 0 Å². The number of ketones is 1. The fourth-order valence-corrected chi connectivity index (χ4v) is 7.67. The number of hydrogen-bond donors (Lipinski definition) is 1. The Balaban J connectivity index is 1.35. The third-order valence-electron chi connectivity index (χ3n) is 9.51. The number of fused-ring (bicyclic) bond motifs is 1. The van der Waals surface area contributed by atoms with Gasteiger partial charge in [0.1, 0.15) is 23.9 Å². The summed E-state index contributed by atoms with van der Waals surface area (Å²) >= 11 is 1.47. The summed E-state index contributed by atoms with van der Waals surface area (Å²) in [6.07, 6.45) is 9.38. The first-order valence-electron chi connectivity index (χ1n) is 17.0. The topological polar surface area (TPSA) is 76.1 Å². The van der Waals surface area contributed by atoms with Gasteiger partial charge in [-0.2, -0.15) is 0 Å². The van der Waals surface area contributed by atoms with Crippen LogP contribution in [-0.4, -0.2) is 48.0 Å². The number of piperidine rings is 1. The molecule has 1 saturated heterocycles. The summed E-state index contributed by atoms with van der Waals surface area (Å²) in [5.41, 5.74) is 1.54. The zero-order valence-electron chi connectivity index (χ0n) is 27.5. The van der Waals surface area contributed by atoms with E-state index in [9.17, 15) is 14.7 Å². The van der Waals surface area contributed by atoms with E-state index in [1.165, 1.54) is 30.6 Å². The average molecular weight is 642 g/mol. The van der Waals surface area contributed by atoms with Crippen LogP contribution < -0.4 is 9.47 Å². The van der Waals surface area contributed by atoms with E-state index in [2.05, 4.69) is 25.7 Å². The van der Waals surface area contributed by atoms with Crippen molar-refractivity contribution in [2.24, 2.45) is 5.41 Å². The van der Waals surface area contributed by atoms with Crippen LogP contribution in [0.1, 0.15) is 94.5 Å². The van der Waals surface area contributed by atoms with Crippen molar-refractivity contribution in [1.29, 1.82) is 0 Å². The molecule has 1 aliphatic heterocycles. The number of hydrogen-bond acceptors (Lipinski definition) is 7. The van der Waals surface area contributed by atoms with E-state index >= 15 is 0 Å². The molecule has 1 fully saturated rings. The van der Waals surface area contributed by atoms with Crippen molar-refractivity contribution in [2.45, 2.75) is 78.6 Å². The van der Waals surface area contributed by atoms with E-state index in [0.29, 0.717) is 23.5 Å². The van der Waals surface area contributed by atoms with E-state index < -0.39 is 5.41 Å². The number of benzene rings is 3. The first-order valence-corrected chi connectivity index (χ1v) is 17.8. The van der Waals surface area contributed by atoms with Crippen LogP contribution in [0.2, 0.25) is 0 Å². The quantitative estimate of drug-likeness (QED) is 0.0603. The van der Waals surface area contributed by atoms with E-state index in [4.69, 9.17) is 9.47 Å². The summed E-state index contributed by atoms with van der Waals surface area (Å²) in [6, 6.07) is 19.9. The summed E-state index contributed by atoms with van der Waals surface area (Å²) in [5.74, 6) is 1.14. The highest BCUT2D eigenvalue weighted by molar-refractivity contribution is 7.22. The van der Waals surface area contributed by atoms with Crippen molar-refractivity contribution in [2.75, 3.05) is 26.2 Å². The Morgan fingerprint density at radius 1 is 0.870 bits per heavy atom. The lowest BCUT2D eigenvalue weighted by Crippen LogP contribution is -2.34. The van der Waals surface area contributed by atoms with Crippen molar-refractivity contribution in [3.63, 3.8) is 0 Å². The molecule has 2 heterocycles. The Morgan fingerprint density at radius 2 is 1.57 bits per heavy atom. The van der Waals surface area contributed by atoms with Crippen molar-refractivity contribution in [3.8, 4) is 27.7 Å². The maximum absolute atomic E-state index is 14.1. The zero-order valence-corrected chi connectivity index (χ0v) is 28.3. The number of esters is 1. The molecular formula is C39H47NO5S. The Hall–Kier alpha value is -3.68. The normalized spacial score (nSPS) is 14.0. The van der Waals surface area contributed by atoms with E-state index in [1.54, 1.807) is 18.2 Å². The number of carbonyl (C=O) groups excluding carboxylic acids is 2. The van der Waals surface area contributed by atoms with Gasteiger partial charge in [-0.05, 0) is 117 Å². The van der Waals surface area contributed by atoms with Crippen LogP contribution in [-0.2, 0) is 4.79 Å². The lowest BCUT2D eigenvalue weighted by molar-refractivity contribution is -0.147. The van der Waals surface area contributed by atoms with E-state index in [0.717, 1.165) is 84.4 Å². The first-order chi connectivity index (χ1) is 22.4. The summed E-state index contributed by atoms with van der Waals surface area (Å²) < 4.78 is 12.8. The highest BCUT2D eigenvalue weighted by atomic mass is 32.1. The van der Waals surface area contributed by atoms with E-state index in [-0.39, 0.29) is 17.5 Å². The number of unbranched alkanes of at least 4 members (excludes halogenated alkanes) is 2. The van der Waals surface area contributed by atoms with Crippen molar-refractivity contribution in [3.05, 3.63) is 77.9 Å². The Kier molecular flexibility index (Phi) is 11.5. The number of likely N-dealkylation sites (tertiary alicyclic amines) is 1. The lowest BCUT2D eigenvalue weighted by atomic mass is 9.78. The molecule has 0 atom stereocenters. The second kappa shape index (κ2) is 15.7. The molecule has 5 rings (SSSR count). The molecule has 0 unspecified atom stereocenters. The molecule has 7 heteroatoms. The summed E-state index contributed by atoms with van der Waals surface area (Å²) in [7, 11) is 0. The van der Waals surface area contributed by atoms with Crippen LogP contribution >= 0.6 is 11.3 Å². The van der Waals surface area contributed by atoms with Crippen LogP contribution in [0.5, 0.6) is 17.2 Å². The van der Waals surface area contributed by atoms with Crippen LogP contribution in [0.15, 0.2) is 66.7 Å². The van der Waals surface area contributed by atoms with Gasteiger partial charge in [-0.25, -0.2) is 0 Å². The van der Waals surface area contributed by atoms with Crippen LogP contribution in [0.3, 0.4) is 0 Å². The largest absolute Gasteiger partial charge is 0.508 e. The molecule has 1 N–H and O–H groups in total. The van der Waals surface area contributed by atoms with Gasteiger partial charge in [0.2, 0.25) is 0 Å². The fraction of sp³-hybridized carbons (Fsp3) is 0.436. The van der Waals surface area contributed by atoms with Crippen molar-refractivity contribution >= 4 is 33.2 Å². The van der Waals surface area contributed by atoms with Gasteiger partial charge in [0, 0.05) is 32.6 Å². The van der Waals surface area contributed by atoms with Crippen LogP contribution in [0.4, 0.5) is 0 Å². The predicted molar refractivity (Wildman–Crippen MR) is 187 cm³/mol. The van der Waals surface area contributed by atoms with Gasteiger partial charge in [0.05, 0.1) is 5.41 Å². The van der Waals surface area contributed by atoms with E-state index in [1.807, 2.05) is 48.5 Å². The van der Waals surface area contributed by atoms with Crippen LogP contribution in [0.25, 0.3) is 20.5 Å². The monoisotopic (exact) mass is 641 g/mol. The van der Waals surface area contributed by atoms with Gasteiger partial charge in [-0.15, -0.1) is 11.3 Å². The molecule has 6 nitrogen and oxygen atoms in total. The number of phenols is 1. The minimum Gasteiger partial charge on any atom is -0.508 e. The number of ether oxygens (including phenoxy) is 2. The smallest absolute Gasteiger partial charge is 0.317 e. The van der Waals surface area contributed by atoms with Gasteiger partial charge in [-0.1, -0.05) is 46.5 Å². The zero-order chi connectivity index (χ0) is 32.5. The molecule has 0 radical (unpaired) electrons. The third kappa shape index (κ3) is 7.81. The summed E-state index contributed by atoms with van der Waals surface area (Å²) in [6.45, 7) is 10.1. The number of phenolic OH excluding ortho intramolecular Hbond substituents is 1. The molecule has 244 valence electrons. The van der Waals surface area contributed by atoms with Gasteiger partial charge in [-0.3, -0.25) is 14.5 Å². The Labute approximate surface area is 277 Å². The number of thiophene rings is 1. The van der Waals surface area contributed by atoms with Gasteiger partial charge < -0.3 is 14.6 Å². The molecule has 46 heavy (non-hydrogen) atoms. The average Bonchev–Trinajstić information content (AvgIpc) is 3.46. The maximum Gasteiger partial charge on any atom is 0.317 e. The Morgan fingerprint density at radius 3 is 2.24 bits per heavy atom. The van der Waals surface area contributed by atoms with Gasteiger partial charge >= 0.3 is 5.97 Å². The summed E-state index contributed by atoms with van der Waals surface area (Å²) in [5, 5.41) is 11.0. The molecule has 1 aromatic heterocycles. The number of carbonyl (C=O) groups is 2. The molecule has 4 aromatic rings. The molecule has 0 aliphatic carbocycles. The number of aromatic hydroxyl groups is 1. The second-order valence-electron chi connectivity index (χ2n) is 12.4. The lowest BCUT2D eigenvalue weighted by Gasteiger charge is -2.29. The molecule has 3 aromatic carbocycles. The number of rotatable bonds is 15. The number of nitrogens with zero attached hydrogens (tertiary/aromatic N) is 1. The van der Waals surface area contributed by atoms with Crippen molar-refractivity contribution in [1.82, 2.24) is 4.90 Å². The maximum atomic E-state index is 14.1. The predicted octanol–water partition coefficient (Wildman–Crippen LogP) is 9.66. The summed E-state index contributed by atoms with van der Waals surface area (Å²) in [4.78, 5) is 30.7. The molecule has 0 bridgehead atoms. The molecule has 1 aliphatic rings.